The molecule has 29 heavy (non-hydrogen) atoms. The number of methoxy groups -OCH3 is 1. The van der Waals surface area contributed by atoms with E-state index in [1.165, 1.54) is 37.4 Å². The highest BCUT2D eigenvalue weighted by Crippen LogP contribution is 2.29. The van der Waals surface area contributed by atoms with Crippen LogP contribution in [0.4, 0.5) is 4.39 Å². The zero-order valence-corrected chi connectivity index (χ0v) is 17.0. The van der Waals surface area contributed by atoms with E-state index >= 15 is 0 Å². The molecule has 0 radical (unpaired) electrons. The number of amides is 1. The predicted molar refractivity (Wildman–Crippen MR) is 104 cm³/mol. The lowest BCUT2D eigenvalue weighted by molar-refractivity contribution is -0.131. The molecule has 1 heterocycles. The van der Waals surface area contributed by atoms with E-state index in [2.05, 4.69) is 0 Å². The number of nitrogens with zero attached hydrogens (tertiary/aromatic N) is 1. The topological polar surface area (TPSA) is 80.8 Å². The van der Waals surface area contributed by atoms with Crippen LogP contribution in [-0.2, 0) is 26.0 Å². The summed E-state index contributed by atoms with van der Waals surface area (Å²) in [6, 6.07) is 10.1. The number of Topliss-reactive ketones (excluding diaryl/α,β-unsaturated/α-hetero) is 1. The lowest BCUT2D eigenvalue weighted by atomic mass is 9.93. The summed E-state index contributed by atoms with van der Waals surface area (Å²) in [6.45, 7) is 1.32. The Morgan fingerprint density at radius 2 is 1.83 bits per heavy atom. The van der Waals surface area contributed by atoms with Crippen molar-refractivity contribution < 1.29 is 27.1 Å². The minimum Gasteiger partial charge on any atom is -0.496 e. The van der Waals surface area contributed by atoms with Gasteiger partial charge in [-0.15, -0.1) is 0 Å². The van der Waals surface area contributed by atoms with Gasteiger partial charge in [0.25, 0.3) is 10.0 Å². The summed E-state index contributed by atoms with van der Waals surface area (Å²) in [5, 5.41) is 0. The predicted octanol–water partition coefficient (Wildman–Crippen LogP) is 2.88. The summed E-state index contributed by atoms with van der Waals surface area (Å²) >= 11 is 0. The number of carbonyl (C=O) groups excluding carboxylic acids is 2. The van der Waals surface area contributed by atoms with Crippen LogP contribution in [-0.4, -0.2) is 38.1 Å². The van der Waals surface area contributed by atoms with Crippen molar-refractivity contribution in [1.29, 1.82) is 0 Å². The molecule has 3 rings (SSSR count). The Morgan fingerprint density at radius 3 is 2.48 bits per heavy atom. The summed E-state index contributed by atoms with van der Waals surface area (Å²) in [7, 11) is -2.74. The van der Waals surface area contributed by atoms with E-state index < -0.39 is 34.2 Å². The lowest BCUT2D eigenvalue weighted by Gasteiger charge is -2.24. The summed E-state index contributed by atoms with van der Waals surface area (Å²) in [5.41, 5.74) is 1.33. The van der Waals surface area contributed by atoms with Crippen LogP contribution in [0.1, 0.15) is 24.0 Å². The summed E-state index contributed by atoms with van der Waals surface area (Å²) in [6.07, 6.45) is 0.345. The molecule has 0 aromatic heterocycles. The van der Waals surface area contributed by atoms with Gasteiger partial charge in [-0.25, -0.2) is 17.1 Å². The SMILES string of the molecule is COc1ccc(F)cc1CC1CCC(=O)CN(S(=O)(=O)c2ccc(C)cc2)C1=O. The van der Waals surface area contributed by atoms with Gasteiger partial charge in [-0.05, 0) is 55.7 Å². The molecule has 0 aliphatic carbocycles. The number of ether oxygens (including phenoxy) is 1. The van der Waals surface area contributed by atoms with Crippen molar-refractivity contribution in [3.63, 3.8) is 0 Å². The van der Waals surface area contributed by atoms with Crippen molar-refractivity contribution in [2.75, 3.05) is 13.7 Å². The lowest BCUT2D eigenvalue weighted by Crippen LogP contribution is -2.42. The number of sulfonamides is 1. The number of halogens is 1. The monoisotopic (exact) mass is 419 g/mol. The molecule has 0 saturated carbocycles. The molecule has 1 saturated heterocycles. The zero-order chi connectivity index (χ0) is 21.2. The summed E-state index contributed by atoms with van der Waals surface area (Å²) < 4.78 is 45.7. The van der Waals surface area contributed by atoms with Crippen LogP contribution in [0, 0.1) is 18.7 Å². The average molecular weight is 419 g/mol. The number of carbonyl (C=O) groups is 2. The Bertz CT molecular complexity index is 1030. The van der Waals surface area contributed by atoms with Gasteiger partial charge in [-0.1, -0.05) is 17.7 Å². The van der Waals surface area contributed by atoms with Gasteiger partial charge in [-0.3, -0.25) is 9.59 Å². The van der Waals surface area contributed by atoms with Crippen LogP contribution < -0.4 is 4.74 Å². The minimum atomic E-state index is -4.18. The molecule has 1 aliphatic heterocycles. The molecule has 154 valence electrons. The van der Waals surface area contributed by atoms with E-state index in [-0.39, 0.29) is 29.9 Å². The number of rotatable bonds is 5. The molecular formula is C21H22FNO5S. The van der Waals surface area contributed by atoms with Crippen molar-refractivity contribution in [3.8, 4) is 5.75 Å². The summed E-state index contributed by atoms with van der Waals surface area (Å²) in [4.78, 5) is 25.3. The number of hydrogen-bond acceptors (Lipinski definition) is 5. The van der Waals surface area contributed by atoms with Gasteiger partial charge in [0.1, 0.15) is 11.6 Å². The minimum absolute atomic E-state index is 0.0479. The molecule has 1 atom stereocenters. The Morgan fingerprint density at radius 1 is 1.14 bits per heavy atom. The maximum Gasteiger partial charge on any atom is 0.266 e. The fourth-order valence-electron chi connectivity index (χ4n) is 3.38. The fraction of sp³-hybridized carbons (Fsp3) is 0.333. The second kappa shape index (κ2) is 8.32. The second-order valence-corrected chi connectivity index (χ2v) is 8.96. The van der Waals surface area contributed by atoms with Crippen molar-refractivity contribution in [2.24, 2.45) is 5.92 Å². The largest absolute Gasteiger partial charge is 0.496 e. The normalized spacial score (nSPS) is 17.9. The highest BCUT2D eigenvalue weighted by atomic mass is 32.2. The maximum atomic E-state index is 13.7. The van der Waals surface area contributed by atoms with E-state index in [0.717, 1.165) is 5.56 Å². The molecule has 0 spiro atoms. The first kappa shape index (κ1) is 21.0. The third-order valence-corrected chi connectivity index (χ3v) is 6.76. The van der Waals surface area contributed by atoms with Crippen molar-refractivity contribution in [2.45, 2.75) is 31.1 Å². The molecule has 1 unspecified atom stereocenters. The second-order valence-electron chi connectivity index (χ2n) is 7.10. The van der Waals surface area contributed by atoms with Gasteiger partial charge in [0.2, 0.25) is 5.91 Å². The van der Waals surface area contributed by atoms with E-state index in [0.29, 0.717) is 15.6 Å². The van der Waals surface area contributed by atoms with Crippen LogP contribution in [0.5, 0.6) is 5.75 Å². The third-order valence-electron chi connectivity index (χ3n) is 5.00. The third kappa shape index (κ3) is 4.48. The smallest absolute Gasteiger partial charge is 0.266 e. The van der Waals surface area contributed by atoms with Crippen LogP contribution >= 0.6 is 0 Å². The van der Waals surface area contributed by atoms with Gasteiger partial charge in [0, 0.05) is 12.3 Å². The molecule has 0 bridgehead atoms. The Labute approximate surface area is 169 Å². The highest BCUT2D eigenvalue weighted by molar-refractivity contribution is 7.89. The van der Waals surface area contributed by atoms with Gasteiger partial charge in [0.05, 0.1) is 18.6 Å². The molecule has 0 N–H and O–H groups in total. The molecule has 1 amide bonds. The number of benzene rings is 2. The van der Waals surface area contributed by atoms with Gasteiger partial charge in [-0.2, -0.15) is 0 Å². The zero-order valence-electron chi connectivity index (χ0n) is 16.2. The number of aryl methyl sites for hydroxylation is 1. The Kier molecular flexibility index (Phi) is 6.02. The first-order valence-corrected chi connectivity index (χ1v) is 10.6. The highest BCUT2D eigenvalue weighted by Gasteiger charge is 2.38. The average Bonchev–Trinajstić information content (AvgIpc) is 2.82. The molecule has 1 aliphatic rings. The van der Waals surface area contributed by atoms with Crippen LogP contribution in [0.2, 0.25) is 0 Å². The van der Waals surface area contributed by atoms with Gasteiger partial charge in [0.15, 0.2) is 5.78 Å². The van der Waals surface area contributed by atoms with Gasteiger partial charge < -0.3 is 4.74 Å². The van der Waals surface area contributed by atoms with Crippen LogP contribution in [0.3, 0.4) is 0 Å². The van der Waals surface area contributed by atoms with E-state index in [4.69, 9.17) is 4.74 Å². The summed E-state index contributed by atoms with van der Waals surface area (Å²) in [5.74, 6) is -1.85. The van der Waals surface area contributed by atoms with E-state index in [1.807, 2.05) is 6.92 Å². The first-order chi connectivity index (χ1) is 13.7. The van der Waals surface area contributed by atoms with Crippen molar-refractivity contribution in [1.82, 2.24) is 4.31 Å². The molecule has 8 heteroatoms. The molecule has 2 aromatic carbocycles. The molecule has 1 fully saturated rings. The number of hydrogen-bond donors (Lipinski definition) is 0. The van der Waals surface area contributed by atoms with E-state index in [1.54, 1.807) is 12.1 Å². The van der Waals surface area contributed by atoms with Crippen molar-refractivity contribution >= 4 is 21.7 Å². The standard InChI is InChI=1S/C21H22FNO5S/c1-14-3-8-19(9-4-14)29(26,27)23-13-18(24)7-5-15(21(23)25)11-16-12-17(22)6-10-20(16)28-2/h3-4,6,8-10,12,15H,5,7,11,13H2,1-2H3. The first-order valence-electron chi connectivity index (χ1n) is 9.19. The van der Waals surface area contributed by atoms with Crippen molar-refractivity contribution in [3.05, 3.63) is 59.4 Å². The Balaban J connectivity index is 1.95. The quantitative estimate of drug-likeness (QED) is 0.745. The molecule has 2 aromatic rings. The van der Waals surface area contributed by atoms with Crippen LogP contribution in [0.25, 0.3) is 0 Å². The van der Waals surface area contributed by atoms with Crippen LogP contribution in [0.15, 0.2) is 47.4 Å². The van der Waals surface area contributed by atoms with E-state index in [9.17, 15) is 22.4 Å². The molecular weight excluding hydrogens is 397 g/mol. The number of ketones is 1. The van der Waals surface area contributed by atoms with Gasteiger partial charge >= 0.3 is 0 Å². The Hall–Kier alpha value is -2.74. The maximum absolute atomic E-state index is 13.7. The molecule has 6 nitrogen and oxygen atoms in total. The fourth-order valence-corrected chi connectivity index (χ4v) is 4.82.